The first-order valence-electron chi connectivity index (χ1n) is 10.1. The molecule has 1 N–H and O–H groups in total. The molecule has 1 unspecified atom stereocenters. The van der Waals surface area contributed by atoms with Gasteiger partial charge in [-0.05, 0) is 31.9 Å². The van der Waals surface area contributed by atoms with Gasteiger partial charge in [-0.25, -0.2) is 17.2 Å². The molecule has 3 rings (SSSR count). The number of halogens is 2. The standard InChI is InChI=1S/C20H26F2N4O3S/c1-15(19(27)24-20(14-23)7-3-2-4-8-20)25-9-11-26(12-10-25)30(28,29)18-6-5-16(21)13-17(18)22/h5-6,13,15H,2-4,7-12H2,1H3,(H,24,27). The van der Waals surface area contributed by atoms with Gasteiger partial charge in [0.15, 0.2) is 0 Å². The molecule has 1 saturated heterocycles. The summed E-state index contributed by atoms with van der Waals surface area (Å²) in [5, 5.41) is 12.4. The van der Waals surface area contributed by atoms with Crippen molar-refractivity contribution in [1.29, 1.82) is 5.26 Å². The van der Waals surface area contributed by atoms with Crippen LogP contribution >= 0.6 is 0 Å². The Balaban J connectivity index is 1.62. The van der Waals surface area contributed by atoms with Crippen molar-refractivity contribution in [2.75, 3.05) is 26.2 Å². The van der Waals surface area contributed by atoms with Gasteiger partial charge in [0, 0.05) is 32.2 Å². The molecule has 2 fully saturated rings. The first kappa shape index (κ1) is 22.6. The third-order valence-electron chi connectivity index (χ3n) is 6.00. The Bertz CT molecular complexity index is 934. The van der Waals surface area contributed by atoms with E-state index in [9.17, 15) is 27.3 Å². The maximum absolute atomic E-state index is 14.0. The monoisotopic (exact) mass is 440 g/mol. The first-order valence-corrected chi connectivity index (χ1v) is 11.6. The number of amides is 1. The number of carbonyl (C=O) groups is 1. The third-order valence-corrected chi connectivity index (χ3v) is 7.93. The molecule has 1 amide bonds. The van der Waals surface area contributed by atoms with Crippen molar-refractivity contribution in [1.82, 2.24) is 14.5 Å². The maximum Gasteiger partial charge on any atom is 0.246 e. The van der Waals surface area contributed by atoms with Crippen molar-refractivity contribution >= 4 is 15.9 Å². The molecule has 2 aliphatic rings. The number of carbonyl (C=O) groups excluding carboxylic acids is 1. The summed E-state index contributed by atoms with van der Waals surface area (Å²) in [7, 11) is -4.09. The van der Waals surface area contributed by atoms with Crippen LogP contribution in [-0.2, 0) is 14.8 Å². The second-order valence-electron chi connectivity index (χ2n) is 7.93. The molecule has 164 valence electrons. The molecule has 1 aliphatic heterocycles. The van der Waals surface area contributed by atoms with Gasteiger partial charge in [0.1, 0.15) is 22.1 Å². The van der Waals surface area contributed by atoms with Crippen LogP contribution in [0.5, 0.6) is 0 Å². The summed E-state index contributed by atoms with van der Waals surface area (Å²) in [5.74, 6) is -2.22. The largest absolute Gasteiger partial charge is 0.336 e. The van der Waals surface area contributed by atoms with E-state index in [4.69, 9.17) is 0 Å². The van der Waals surface area contributed by atoms with E-state index < -0.39 is 38.1 Å². The Morgan fingerprint density at radius 1 is 1.17 bits per heavy atom. The minimum absolute atomic E-state index is 0.0835. The topological polar surface area (TPSA) is 93.5 Å². The number of piperazine rings is 1. The predicted molar refractivity (Wildman–Crippen MR) is 106 cm³/mol. The quantitative estimate of drug-likeness (QED) is 0.756. The van der Waals surface area contributed by atoms with E-state index in [0.29, 0.717) is 18.9 Å². The molecule has 0 spiro atoms. The van der Waals surface area contributed by atoms with Gasteiger partial charge in [-0.1, -0.05) is 19.3 Å². The Morgan fingerprint density at radius 3 is 2.37 bits per heavy atom. The van der Waals surface area contributed by atoms with E-state index in [1.165, 1.54) is 0 Å². The Hall–Kier alpha value is -2.09. The second-order valence-corrected chi connectivity index (χ2v) is 9.84. The molecule has 30 heavy (non-hydrogen) atoms. The van der Waals surface area contributed by atoms with Gasteiger partial charge in [-0.15, -0.1) is 0 Å². The number of nitrogens with zero attached hydrogens (tertiary/aromatic N) is 3. The number of benzene rings is 1. The van der Waals surface area contributed by atoms with Crippen LogP contribution in [0.15, 0.2) is 23.1 Å². The molecule has 1 saturated carbocycles. The lowest BCUT2D eigenvalue weighted by atomic mass is 9.82. The van der Waals surface area contributed by atoms with Crippen LogP contribution in [0.4, 0.5) is 8.78 Å². The van der Waals surface area contributed by atoms with Crippen molar-refractivity contribution in [2.45, 2.75) is 55.5 Å². The minimum Gasteiger partial charge on any atom is -0.336 e. The van der Waals surface area contributed by atoms with Crippen LogP contribution in [0, 0.1) is 23.0 Å². The molecule has 0 radical (unpaired) electrons. The number of nitriles is 1. The van der Waals surface area contributed by atoms with Crippen molar-refractivity contribution < 1.29 is 22.0 Å². The zero-order valence-electron chi connectivity index (χ0n) is 16.9. The summed E-state index contributed by atoms with van der Waals surface area (Å²) in [6.45, 7) is 2.47. The van der Waals surface area contributed by atoms with Gasteiger partial charge in [0.25, 0.3) is 0 Å². The van der Waals surface area contributed by atoms with Crippen LogP contribution in [-0.4, -0.2) is 61.3 Å². The average Bonchev–Trinajstić information content (AvgIpc) is 2.73. The molecule has 1 aliphatic carbocycles. The third kappa shape index (κ3) is 4.63. The summed E-state index contributed by atoms with van der Waals surface area (Å²) >= 11 is 0. The van der Waals surface area contributed by atoms with Gasteiger partial charge in [-0.2, -0.15) is 9.57 Å². The van der Waals surface area contributed by atoms with Crippen LogP contribution in [0.1, 0.15) is 39.0 Å². The molecule has 1 atom stereocenters. The first-order chi connectivity index (χ1) is 14.2. The van der Waals surface area contributed by atoms with Crippen LogP contribution in [0.3, 0.4) is 0 Å². The zero-order chi connectivity index (χ0) is 21.9. The molecular weight excluding hydrogens is 414 g/mol. The number of hydrogen-bond donors (Lipinski definition) is 1. The van der Waals surface area contributed by atoms with E-state index >= 15 is 0 Å². The summed E-state index contributed by atoms with van der Waals surface area (Å²) in [5.41, 5.74) is -0.825. The fourth-order valence-corrected chi connectivity index (χ4v) is 5.55. The van der Waals surface area contributed by atoms with Gasteiger partial charge in [0.2, 0.25) is 15.9 Å². The minimum atomic E-state index is -4.09. The van der Waals surface area contributed by atoms with Gasteiger partial charge in [0.05, 0.1) is 12.1 Å². The van der Waals surface area contributed by atoms with E-state index in [-0.39, 0.29) is 32.1 Å². The highest BCUT2D eigenvalue weighted by Crippen LogP contribution is 2.28. The number of rotatable bonds is 5. The molecule has 10 heteroatoms. The SMILES string of the molecule is CC(C(=O)NC1(C#N)CCCCC1)N1CCN(S(=O)(=O)c2ccc(F)cc2F)CC1. The summed E-state index contributed by atoms with van der Waals surface area (Å²) < 4.78 is 53.6. The molecule has 7 nitrogen and oxygen atoms in total. The summed E-state index contributed by atoms with van der Waals surface area (Å²) in [6, 6.07) is 4.12. The van der Waals surface area contributed by atoms with Crippen molar-refractivity contribution in [3.8, 4) is 6.07 Å². The lowest BCUT2D eigenvalue weighted by Gasteiger charge is -2.38. The van der Waals surface area contributed by atoms with Crippen molar-refractivity contribution in [3.05, 3.63) is 29.8 Å². The molecule has 1 heterocycles. The van der Waals surface area contributed by atoms with E-state index in [2.05, 4.69) is 11.4 Å². The second kappa shape index (κ2) is 8.96. The Kier molecular flexibility index (Phi) is 6.75. The maximum atomic E-state index is 14.0. The molecule has 0 bridgehead atoms. The molecule has 0 aromatic heterocycles. The van der Waals surface area contributed by atoms with E-state index in [1.807, 2.05) is 4.90 Å². The highest BCUT2D eigenvalue weighted by Gasteiger charge is 2.37. The van der Waals surface area contributed by atoms with Gasteiger partial charge in [-0.3, -0.25) is 9.69 Å². The zero-order valence-corrected chi connectivity index (χ0v) is 17.7. The number of sulfonamides is 1. The van der Waals surface area contributed by atoms with Crippen LogP contribution in [0.25, 0.3) is 0 Å². The summed E-state index contributed by atoms with van der Waals surface area (Å²) in [4.78, 5) is 14.0. The van der Waals surface area contributed by atoms with E-state index in [0.717, 1.165) is 35.7 Å². The number of hydrogen-bond acceptors (Lipinski definition) is 5. The van der Waals surface area contributed by atoms with Crippen molar-refractivity contribution in [3.63, 3.8) is 0 Å². The number of nitrogens with one attached hydrogen (secondary N) is 1. The van der Waals surface area contributed by atoms with Crippen LogP contribution in [0.2, 0.25) is 0 Å². The lowest BCUT2D eigenvalue weighted by molar-refractivity contribution is -0.128. The Labute approximate surface area is 175 Å². The van der Waals surface area contributed by atoms with Crippen molar-refractivity contribution in [2.24, 2.45) is 0 Å². The lowest BCUT2D eigenvalue weighted by Crippen LogP contribution is -2.58. The van der Waals surface area contributed by atoms with Crippen LogP contribution < -0.4 is 5.32 Å². The van der Waals surface area contributed by atoms with Gasteiger partial charge >= 0.3 is 0 Å². The molecule has 1 aromatic carbocycles. The fraction of sp³-hybridized carbons (Fsp3) is 0.600. The fourth-order valence-electron chi connectivity index (χ4n) is 4.08. The molecule has 1 aromatic rings. The highest BCUT2D eigenvalue weighted by molar-refractivity contribution is 7.89. The highest BCUT2D eigenvalue weighted by atomic mass is 32.2. The normalized spacial score (nSPS) is 21.5. The molecular formula is C20H26F2N4O3S. The summed E-state index contributed by atoms with van der Waals surface area (Å²) in [6.07, 6.45) is 4.13. The Morgan fingerprint density at radius 2 is 1.80 bits per heavy atom. The average molecular weight is 441 g/mol. The predicted octanol–water partition coefficient (Wildman–Crippen LogP) is 2.00. The van der Waals surface area contributed by atoms with Gasteiger partial charge < -0.3 is 5.32 Å². The smallest absolute Gasteiger partial charge is 0.246 e. The van der Waals surface area contributed by atoms with E-state index in [1.54, 1.807) is 6.92 Å².